The maximum absolute atomic E-state index is 12.3. The van der Waals surface area contributed by atoms with Gasteiger partial charge in [-0.2, -0.15) is 0 Å². The van der Waals surface area contributed by atoms with Crippen molar-refractivity contribution in [1.82, 2.24) is 14.7 Å². The fourth-order valence-electron chi connectivity index (χ4n) is 2.11. The molecule has 0 bridgehead atoms. The van der Waals surface area contributed by atoms with E-state index in [-0.39, 0.29) is 5.91 Å². The highest BCUT2D eigenvalue weighted by atomic mass is 32.1. The van der Waals surface area contributed by atoms with Crippen LogP contribution >= 0.6 is 12.2 Å². The molecule has 0 aromatic carbocycles. The molecule has 2 N–H and O–H groups in total. The molecule has 1 saturated heterocycles. The third kappa shape index (κ3) is 6.60. The highest BCUT2D eigenvalue weighted by Crippen LogP contribution is 2.02. The molecule has 0 aromatic rings. The van der Waals surface area contributed by atoms with Gasteiger partial charge in [0.05, 0.1) is 18.1 Å². The predicted molar refractivity (Wildman–Crippen MR) is 83.8 cm³/mol. The molecule has 1 amide bonds. The molecule has 20 heavy (non-hydrogen) atoms. The van der Waals surface area contributed by atoms with Crippen LogP contribution in [0.5, 0.6) is 0 Å². The summed E-state index contributed by atoms with van der Waals surface area (Å²) in [6, 6.07) is 0. The van der Waals surface area contributed by atoms with Crippen molar-refractivity contribution in [3.05, 3.63) is 0 Å². The van der Waals surface area contributed by atoms with Gasteiger partial charge in [0.2, 0.25) is 5.91 Å². The second-order valence-corrected chi connectivity index (χ2v) is 5.69. The van der Waals surface area contributed by atoms with Gasteiger partial charge in [-0.3, -0.25) is 9.69 Å². The Kier molecular flexibility index (Phi) is 7.98. The van der Waals surface area contributed by atoms with Crippen molar-refractivity contribution < 1.29 is 9.53 Å². The number of hydrogen-bond acceptors (Lipinski definition) is 5. The van der Waals surface area contributed by atoms with Crippen LogP contribution in [0.15, 0.2) is 0 Å². The highest BCUT2D eigenvalue weighted by molar-refractivity contribution is 7.80. The van der Waals surface area contributed by atoms with Crippen molar-refractivity contribution in [1.29, 1.82) is 0 Å². The maximum atomic E-state index is 12.3. The van der Waals surface area contributed by atoms with Gasteiger partial charge in [0.15, 0.2) is 0 Å². The van der Waals surface area contributed by atoms with E-state index in [1.54, 1.807) is 7.11 Å². The van der Waals surface area contributed by atoms with E-state index in [1.165, 1.54) is 0 Å². The summed E-state index contributed by atoms with van der Waals surface area (Å²) in [5, 5.41) is 0. The summed E-state index contributed by atoms with van der Waals surface area (Å²) < 4.78 is 5.08. The molecule has 0 unspecified atom stereocenters. The zero-order valence-electron chi connectivity index (χ0n) is 12.5. The molecule has 0 aliphatic carbocycles. The molecule has 0 aromatic heterocycles. The lowest BCUT2D eigenvalue weighted by molar-refractivity contribution is -0.134. The number of thiocarbonyl (C=S) groups is 1. The van der Waals surface area contributed by atoms with E-state index >= 15 is 0 Å². The Morgan fingerprint density at radius 1 is 1.30 bits per heavy atom. The van der Waals surface area contributed by atoms with Gasteiger partial charge < -0.3 is 20.3 Å². The summed E-state index contributed by atoms with van der Waals surface area (Å²) in [5.41, 5.74) is 5.53. The number of amides is 1. The highest BCUT2D eigenvalue weighted by Gasteiger charge is 2.21. The van der Waals surface area contributed by atoms with E-state index in [2.05, 4.69) is 16.8 Å². The van der Waals surface area contributed by atoms with Crippen molar-refractivity contribution in [2.75, 3.05) is 66.6 Å². The fourth-order valence-corrected chi connectivity index (χ4v) is 2.20. The molecule has 1 aliphatic heterocycles. The number of likely N-dealkylation sites (N-methyl/N-ethyl adjacent to an activating group) is 1. The predicted octanol–water partition coefficient (Wildman–Crippen LogP) is -0.615. The molecule has 6 nitrogen and oxygen atoms in total. The third-order valence-electron chi connectivity index (χ3n) is 3.50. The molecule has 1 aliphatic rings. The van der Waals surface area contributed by atoms with Gasteiger partial charge in [-0.25, -0.2) is 0 Å². The average Bonchev–Trinajstić information content (AvgIpc) is 2.42. The van der Waals surface area contributed by atoms with Crippen molar-refractivity contribution in [3.63, 3.8) is 0 Å². The summed E-state index contributed by atoms with van der Waals surface area (Å²) in [7, 11) is 3.74. The lowest BCUT2D eigenvalue weighted by atomic mass is 10.3. The summed E-state index contributed by atoms with van der Waals surface area (Å²) in [5.74, 6) is 0.178. The zero-order chi connectivity index (χ0) is 15.0. The third-order valence-corrected chi connectivity index (χ3v) is 3.71. The number of nitrogens with zero attached hydrogens (tertiary/aromatic N) is 3. The van der Waals surface area contributed by atoms with Crippen LogP contribution in [0.25, 0.3) is 0 Å². The Morgan fingerprint density at radius 2 is 1.95 bits per heavy atom. The minimum absolute atomic E-state index is 0.178. The van der Waals surface area contributed by atoms with Crippen molar-refractivity contribution in [2.24, 2.45) is 5.73 Å². The first kappa shape index (κ1) is 17.3. The lowest BCUT2D eigenvalue weighted by Crippen LogP contribution is -2.50. The molecule has 0 atom stereocenters. The Labute approximate surface area is 126 Å². The van der Waals surface area contributed by atoms with Crippen LogP contribution in [0.3, 0.4) is 0 Å². The summed E-state index contributed by atoms with van der Waals surface area (Å²) in [6.45, 7) is 5.94. The second kappa shape index (κ2) is 9.23. The van der Waals surface area contributed by atoms with E-state index in [9.17, 15) is 4.79 Å². The monoisotopic (exact) mass is 302 g/mol. The van der Waals surface area contributed by atoms with Crippen LogP contribution in [0.4, 0.5) is 0 Å². The normalized spacial score (nSPS) is 16.6. The Hall–Kier alpha value is -0.760. The van der Waals surface area contributed by atoms with Crippen LogP contribution < -0.4 is 5.73 Å². The van der Waals surface area contributed by atoms with Gasteiger partial charge in [-0.15, -0.1) is 0 Å². The van der Waals surface area contributed by atoms with E-state index in [1.807, 2.05) is 4.90 Å². The van der Waals surface area contributed by atoms with Gasteiger partial charge in [0.25, 0.3) is 0 Å². The summed E-state index contributed by atoms with van der Waals surface area (Å²) in [6.07, 6.45) is 0.634. The lowest BCUT2D eigenvalue weighted by Gasteiger charge is -2.34. The number of hydrogen-bond donors (Lipinski definition) is 1. The van der Waals surface area contributed by atoms with Gasteiger partial charge >= 0.3 is 0 Å². The van der Waals surface area contributed by atoms with Crippen LogP contribution in [0.2, 0.25) is 0 Å². The molecular formula is C13H26N4O2S. The first-order chi connectivity index (χ1) is 9.52. The molecule has 7 heteroatoms. The molecule has 116 valence electrons. The van der Waals surface area contributed by atoms with Crippen molar-refractivity contribution in [2.45, 2.75) is 6.42 Å². The molecule has 0 saturated carbocycles. The number of ether oxygens (including phenoxy) is 1. The largest absolute Gasteiger partial charge is 0.393 e. The molecule has 1 heterocycles. The molecule has 0 radical (unpaired) electrons. The number of piperazine rings is 1. The quantitative estimate of drug-likeness (QED) is 0.603. The molecule has 1 fully saturated rings. The van der Waals surface area contributed by atoms with Gasteiger partial charge in [0.1, 0.15) is 0 Å². The van der Waals surface area contributed by atoms with Crippen molar-refractivity contribution in [3.8, 4) is 0 Å². The molecular weight excluding hydrogens is 276 g/mol. The van der Waals surface area contributed by atoms with E-state index in [4.69, 9.17) is 22.7 Å². The average molecular weight is 302 g/mol. The zero-order valence-corrected chi connectivity index (χ0v) is 13.3. The van der Waals surface area contributed by atoms with Gasteiger partial charge in [-0.05, 0) is 7.05 Å². The van der Waals surface area contributed by atoms with Crippen LogP contribution in [-0.4, -0.2) is 92.2 Å². The number of rotatable bonds is 8. The minimum atomic E-state index is 0.178. The molecule has 0 spiro atoms. The van der Waals surface area contributed by atoms with E-state index in [0.29, 0.717) is 31.1 Å². The Morgan fingerprint density at radius 3 is 2.50 bits per heavy atom. The topological polar surface area (TPSA) is 62.0 Å². The first-order valence-electron chi connectivity index (χ1n) is 6.99. The standard InChI is InChI=1S/C13H26N4O2S/c1-15-5-7-17(8-6-15)13(18)11-16(9-10-19-2)4-3-12(14)20/h3-11H2,1-2H3,(H2,14,20). The maximum Gasteiger partial charge on any atom is 0.236 e. The number of methoxy groups -OCH3 is 1. The summed E-state index contributed by atoms with van der Waals surface area (Å²) in [4.78, 5) is 19.0. The second-order valence-electron chi connectivity index (χ2n) is 5.17. The smallest absolute Gasteiger partial charge is 0.236 e. The number of nitrogens with two attached hydrogens (primary N) is 1. The minimum Gasteiger partial charge on any atom is -0.393 e. The van der Waals surface area contributed by atoms with Crippen LogP contribution in [-0.2, 0) is 9.53 Å². The van der Waals surface area contributed by atoms with Crippen LogP contribution in [0, 0.1) is 0 Å². The Balaban J connectivity index is 2.41. The summed E-state index contributed by atoms with van der Waals surface area (Å²) >= 11 is 4.90. The van der Waals surface area contributed by atoms with Gasteiger partial charge in [0, 0.05) is 52.8 Å². The Bertz CT molecular complexity index is 319. The number of carbonyl (C=O) groups excluding carboxylic acids is 1. The first-order valence-corrected chi connectivity index (χ1v) is 7.39. The van der Waals surface area contributed by atoms with E-state index < -0.39 is 0 Å². The van der Waals surface area contributed by atoms with Crippen LogP contribution in [0.1, 0.15) is 6.42 Å². The van der Waals surface area contributed by atoms with E-state index in [0.717, 1.165) is 32.7 Å². The number of carbonyl (C=O) groups is 1. The SMILES string of the molecule is COCCN(CCC(N)=S)CC(=O)N1CCN(C)CC1. The van der Waals surface area contributed by atoms with Crippen molar-refractivity contribution >= 4 is 23.1 Å². The van der Waals surface area contributed by atoms with Gasteiger partial charge in [-0.1, -0.05) is 12.2 Å². The fraction of sp³-hybridized carbons (Fsp3) is 0.846. The molecule has 1 rings (SSSR count).